The number of hydrogen-bond donors (Lipinski definition) is 1. The topological polar surface area (TPSA) is 89.0 Å². The number of aromatic nitrogens is 1. The highest BCUT2D eigenvalue weighted by molar-refractivity contribution is 7.22. The highest BCUT2D eigenvalue weighted by Crippen LogP contribution is 2.45. The Bertz CT molecular complexity index is 1560. The third-order valence-electron chi connectivity index (χ3n) is 6.10. The monoisotopic (exact) mass is 504 g/mol. The molecule has 7 nitrogen and oxygen atoms in total. The van der Waals surface area contributed by atoms with Gasteiger partial charge in [0.15, 0.2) is 5.13 Å². The zero-order chi connectivity index (χ0) is 25.6. The second-order valence-electron chi connectivity index (χ2n) is 8.21. The summed E-state index contributed by atoms with van der Waals surface area (Å²) in [5.74, 6) is -1.64. The van der Waals surface area contributed by atoms with Crippen molar-refractivity contribution in [1.29, 1.82) is 0 Å². The minimum absolute atomic E-state index is 0.0697. The summed E-state index contributed by atoms with van der Waals surface area (Å²) in [5, 5.41) is 11.5. The van der Waals surface area contributed by atoms with Gasteiger partial charge in [0.25, 0.3) is 5.78 Å². The fourth-order valence-electron chi connectivity index (χ4n) is 4.32. The van der Waals surface area contributed by atoms with Gasteiger partial charge in [0.1, 0.15) is 29.1 Å². The summed E-state index contributed by atoms with van der Waals surface area (Å²) in [5.41, 5.74) is 1.47. The maximum absolute atomic E-state index is 15.1. The van der Waals surface area contributed by atoms with Crippen LogP contribution in [-0.4, -0.2) is 36.0 Å². The van der Waals surface area contributed by atoms with Gasteiger partial charge < -0.3 is 14.6 Å². The van der Waals surface area contributed by atoms with Gasteiger partial charge in [0, 0.05) is 11.1 Å². The van der Waals surface area contributed by atoms with Crippen LogP contribution in [0, 0.1) is 12.7 Å². The van der Waals surface area contributed by atoms with Gasteiger partial charge in [-0.25, -0.2) is 9.37 Å². The second kappa shape index (κ2) is 9.09. The molecule has 1 saturated heterocycles. The van der Waals surface area contributed by atoms with Crippen LogP contribution in [0.5, 0.6) is 11.5 Å². The fourth-order valence-corrected chi connectivity index (χ4v) is 5.35. The van der Waals surface area contributed by atoms with E-state index in [1.54, 1.807) is 56.5 Å². The Labute approximate surface area is 210 Å². The number of thiazole rings is 1. The van der Waals surface area contributed by atoms with Crippen molar-refractivity contribution in [1.82, 2.24) is 4.98 Å². The molecule has 1 N–H and O–H groups in total. The zero-order valence-corrected chi connectivity index (χ0v) is 20.4. The summed E-state index contributed by atoms with van der Waals surface area (Å²) < 4.78 is 26.4. The number of halogens is 1. The molecule has 36 heavy (non-hydrogen) atoms. The molecule has 1 aliphatic rings. The highest BCUT2D eigenvalue weighted by atomic mass is 32.1. The number of amides is 1. The van der Waals surface area contributed by atoms with Gasteiger partial charge in [-0.2, -0.15) is 0 Å². The Kier molecular flexibility index (Phi) is 5.93. The van der Waals surface area contributed by atoms with E-state index in [0.717, 1.165) is 15.2 Å². The van der Waals surface area contributed by atoms with E-state index < -0.39 is 29.3 Å². The predicted octanol–water partition coefficient (Wildman–Crippen LogP) is 5.39. The summed E-state index contributed by atoms with van der Waals surface area (Å²) in [4.78, 5) is 32.4. The summed E-state index contributed by atoms with van der Waals surface area (Å²) in [7, 11) is 3.07. The van der Waals surface area contributed by atoms with Gasteiger partial charge >= 0.3 is 5.91 Å². The van der Waals surface area contributed by atoms with Crippen molar-refractivity contribution >= 4 is 44.1 Å². The molecule has 1 aliphatic heterocycles. The number of carbonyl (C=O) groups is 2. The molecule has 1 fully saturated rings. The van der Waals surface area contributed by atoms with Crippen molar-refractivity contribution in [3.63, 3.8) is 0 Å². The first-order valence-electron chi connectivity index (χ1n) is 11.0. The number of ketones is 1. The summed E-state index contributed by atoms with van der Waals surface area (Å²) in [6, 6.07) is 14.8. The van der Waals surface area contributed by atoms with Crippen LogP contribution in [-0.2, 0) is 9.59 Å². The van der Waals surface area contributed by atoms with Crippen molar-refractivity contribution < 1.29 is 28.6 Å². The molecule has 2 heterocycles. The summed E-state index contributed by atoms with van der Waals surface area (Å²) in [6.07, 6.45) is 0. The Hall–Kier alpha value is -4.24. The molecule has 0 bridgehead atoms. The van der Waals surface area contributed by atoms with Gasteiger partial charge in [0.05, 0.1) is 30.0 Å². The minimum atomic E-state index is -1.21. The van der Waals surface area contributed by atoms with E-state index in [9.17, 15) is 14.7 Å². The van der Waals surface area contributed by atoms with E-state index in [1.807, 2.05) is 0 Å². The molecule has 0 spiro atoms. The van der Waals surface area contributed by atoms with Gasteiger partial charge in [-0.3, -0.25) is 14.5 Å². The molecule has 182 valence electrons. The Morgan fingerprint density at radius 3 is 2.53 bits per heavy atom. The van der Waals surface area contributed by atoms with Gasteiger partial charge in [-0.1, -0.05) is 29.5 Å². The lowest BCUT2D eigenvalue weighted by molar-refractivity contribution is -0.132. The molecule has 0 radical (unpaired) electrons. The maximum atomic E-state index is 15.1. The second-order valence-corrected chi connectivity index (χ2v) is 9.21. The van der Waals surface area contributed by atoms with E-state index >= 15 is 4.39 Å². The number of aliphatic hydroxyl groups is 1. The molecule has 1 aromatic heterocycles. The number of carbonyl (C=O) groups excluding carboxylic acids is 2. The number of benzene rings is 3. The van der Waals surface area contributed by atoms with Crippen molar-refractivity contribution in [2.24, 2.45) is 0 Å². The molecular formula is C27H21FN2O5S. The van der Waals surface area contributed by atoms with Crippen LogP contribution in [0.3, 0.4) is 0 Å². The average Bonchev–Trinajstić information content (AvgIpc) is 3.41. The molecule has 1 amide bonds. The molecule has 0 aliphatic carbocycles. The van der Waals surface area contributed by atoms with Gasteiger partial charge in [0.2, 0.25) is 0 Å². The number of rotatable bonds is 5. The van der Waals surface area contributed by atoms with Crippen LogP contribution >= 0.6 is 11.3 Å². The van der Waals surface area contributed by atoms with Crippen molar-refractivity contribution in [3.05, 3.63) is 88.7 Å². The number of Topliss-reactive ketones (excluding diaryl/α,β-unsaturated/α-hetero) is 1. The number of fused-ring (bicyclic) bond motifs is 1. The highest BCUT2D eigenvalue weighted by Gasteiger charge is 2.49. The number of aryl methyl sites for hydroxylation is 1. The van der Waals surface area contributed by atoms with E-state index in [0.29, 0.717) is 22.6 Å². The maximum Gasteiger partial charge on any atom is 0.301 e. The Balaban J connectivity index is 1.73. The summed E-state index contributed by atoms with van der Waals surface area (Å²) in [6.45, 7) is 1.79. The number of methoxy groups -OCH3 is 2. The van der Waals surface area contributed by atoms with E-state index in [4.69, 9.17) is 9.47 Å². The Morgan fingerprint density at radius 2 is 1.83 bits per heavy atom. The summed E-state index contributed by atoms with van der Waals surface area (Å²) >= 11 is 1.17. The van der Waals surface area contributed by atoms with Crippen LogP contribution in [0.4, 0.5) is 9.52 Å². The molecular weight excluding hydrogens is 483 g/mol. The van der Waals surface area contributed by atoms with E-state index in [-0.39, 0.29) is 16.3 Å². The predicted molar refractivity (Wildman–Crippen MR) is 135 cm³/mol. The first kappa shape index (κ1) is 23.5. The molecule has 0 saturated carbocycles. The number of aliphatic hydroxyl groups excluding tert-OH is 1. The smallest absolute Gasteiger partial charge is 0.301 e. The van der Waals surface area contributed by atoms with Crippen molar-refractivity contribution in [3.8, 4) is 11.5 Å². The SMILES string of the molecule is COc1ccc2nc(N3C(=O)C(=O)/C(=C(/O)c4ccc(OC)c(C)c4)C3c3ccccc3F)sc2c1. The first-order valence-corrected chi connectivity index (χ1v) is 11.8. The van der Waals surface area contributed by atoms with E-state index in [2.05, 4.69) is 4.98 Å². The van der Waals surface area contributed by atoms with Gasteiger partial charge in [-0.15, -0.1) is 0 Å². The normalized spacial score (nSPS) is 17.1. The molecule has 1 atom stereocenters. The van der Waals surface area contributed by atoms with Crippen LogP contribution in [0.25, 0.3) is 16.0 Å². The van der Waals surface area contributed by atoms with Crippen LogP contribution in [0.2, 0.25) is 0 Å². The average molecular weight is 505 g/mol. The largest absolute Gasteiger partial charge is 0.507 e. The van der Waals surface area contributed by atoms with Crippen molar-refractivity contribution in [2.45, 2.75) is 13.0 Å². The number of hydrogen-bond acceptors (Lipinski definition) is 7. The van der Waals surface area contributed by atoms with Crippen LogP contribution < -0.4 is 14.4 Å². The Morgan fingerprint density at radius 1 is 1.06 bits per heavy atom. The lowest BCUT2D eigenvalue weighted by Crippen LogP contribution is -2.29. The van der Waals surface area contributed by atoms with E-state index in [1.165, 1.54) is 36.6 Å². The lowest BCUT2D eigenvalue weighted by atomic mass is 9.94. The molecule has 1 unspecified atom stereocenters. The number of ether oxygens (including phenoxy) is 2. The third kappa shape index (κ3) is 3.77. The minimum Gasteiger partial charge on any atom is -0.507 e. The lowest BCUT2D eigenvalue weighted by Gasteiger charge is -2.23. The molecule has 5 rings (SSSR count). The molecule has 3 aromatic carbocycles. The fraction of sp³-hybridized carbons (Fsp3) is 0.148. The van der Waals surface area contributed by atoms with Crippen molar-refractivity contribution in [2.75, 3.05) is 19.1 Å². The standard InChI is InChI=1S/C27H21FN2O5S/c1-14-12-15(8-11-20(14)35-3)24(31)22-23(17-6-4-5-7-18(17)28)30(26(33)25(22)32)27-29-19-10-9-16(34-2)13-21(19)36-27/h4-13,23,31H,1-3H3/b24-22+. The van der Waals surface area contributed by atoms with Gasteiger partial charge in [-0.05, 0) is 55.0 Å². The number of anilines is 1. The van der Waals surface area contributed by atoms with Crippen LogP contribution in [0.1, 0.15) is 22.7 Å². The number of nitrogens with zero attached hydrogens (tertiary/aromatic N) is 2. The first-order chi connectivity index (χ1) is 17.3. The van der Waals surface area contributed by atoms with Crippen LogP contribution in [0.15, 0.2) is 66.2 Å². The molecule has 4 aromatic rings. The molecule has 9 heteroatoms. The third-order valence-corrected chi connectivity index (χ3v) is 7.12. The zero-order valence-electron chi connectivity index (χ0n) is 19.6. The quantitative estimate of drug-likeness (QED) is 0.223.